The van der Waals surface area contributed by atoms with Crippen LogP contribution in [-0.4, -0.2) is 90.3 Å². The lowest BCUT2D eigenvalue weighted by atomic mass is 9.83. The van der Waals surface area contributed by atoms with Gasteiger partial charge in [0, 0.05) is 51.0 Å². The van der Waals surface area contributed by atoms with Crippen LogP contribution < -0.4 is 15.0 Å². The summed E-state index contributed by atoms with van der Waals surface area (Å²) in [5.41, 5.74) is 1.15. The molecule has 0 unspecified atom stereocenters. The number of pyridine rings is 2. The Balaban J connectivity index is 1.42. The summed E-state index contributed by atoms with van der Waals surface area (Å²) < 4.78 is 48.4. The van der Waals surface area contributed by atoms with E-state index in [9.17, 15) is 18.0 Å². The SMILES string of the molecule is CCOc1ncccc1-c1ccc(N2CCN(C(=O)C3(C(F)(F)F)CCCC3)C[C@H]2CC)c(CN[C@@H]2CCN(C)C2)n1. The van der Waals surface area contributed by atoms with Gasteiger partial charge in [0.25, 0.3) is 0 Å². The highest BCUT2D eigenvalue weighted by atomic mass is 19.4. The number of ether oxygens (including phenoxy) is 1. The van der Waals surface area contributed by atoms with Gasteiger partial charge in [-0.05, 0) is 70.5 Å². The van der Waals surface area contributed by atoms with E-state index >= 15 is 0 Å². The summed E-state index contributed by atoms with van der Waals surface area (Å²) in [6, 6.07) is 8.06. The van der Waals surface area contributed by atoms with Gasteiger partial charge < -0.3 is 24.8 Å². The largest absolute Gasteiger partial charge is 0.477 e. The average Bonchev–Trinajstić information content (AvgIpc) is 3.66. The zero-order chi connectivity index (χ0) is 29.9. The number of piperazine rings is 1. The standard InChI is InChI=1S/C31H43F3N6O2/c1-4-23-21-39(29(41)30(31(32,33)34)13-6-7-14-30)17-18-40(23)27-11-10-25(24-9-8-15-35-28(24)42-5-2)37-26(27)19-36-22-12-16-38(3)20-22/h8-11,15,22-23,36H,4-7,12-14,16-21H2,1-3H3/t22-,23-/m1/s1. The fourth-order valence-corrected chi connectivity index (χ4v) is 6.82. The number of aromatic nitrogens is 2. The van der Waals surface area contributed by atoms with Crippen molar-refractivity contribution in [1.29, 1.82) is 0 Å². The molecule has 0 spiro atoms. The Kier molecular flexibility index (Phi) is 9.27. The Morgan fingerprint density at radius 1 is 1.12 bits per heavy atom. The summed E-state index contributed by atoms with van der Waals surface area (Å²) in [6.07, 6.45) is -0.416. The lowest BCUT2D eigenvalue weighted by molar-refractivity contribution is -0.226. The molecule has 2 atom stereocenters. The minimum absolute atomic E-state index is 0.109. The minimum Gasteiger partial charge on any atom is -0.477 e. The lowest BCUT2D eigenvalue weighted by Crippen LogP contribution is -2.60. The van der Waals surface area contributed by atoms with Crippen LogP contribution in [-0.2, 0) is 11.3 Å². The van der Waals surface area contributed by atoms with Gasteiger partial charge >= 0.3 is 6.18 Å². The molecule has 3 fully saturated rings. The summed E-state index contributed by atoms with van der Waals surface area (Å²) >= 11 is 0. The van der Waals surface area contributed by atoms with Gasteiger partial charge in [-0.15, -0.1) is 0 Å². The molecule has 42 heavy (non-hydrogen) atoms. The van der Waals surface area contributed by atoms with Crippen LogP contribution in [0.25, 0.3) is 11.3 Å². The number of anilines is 1. The molecule has 11 heteroatoms. The first-order valence-corrected chi connectivity index (χ1v) is 15.3. The third kappa shape index (κ3) is 6.08. The molecule has 3 aliphatic rings. The first kappa shape index (κ1) is 30.5. The number of nitrogens with one attached hydrogen (secondary N) is 1. The van der Waals surface area contributed by atoms with Crippen LogP contribution in [0.5, 0.6) is 5.88 Å². The topological polar surface area (TPSA) is 73.8 Å². The first-order chi connectivity index (χ1) is 20.2. The van der Waals surface area contributed by atoms with E-state index in [4.69, 9.17) is 9.72 Å². The molecule has 0 aromatic carbocycles. The second kappa shape index (κ2) is 12.8. The van der Waals surface area contributed by atoms with Gasteiger partial charge in [0.2, 0.25) is 11.8 Å². The maximum atomic E-state index is 14.2. The number of amides is 1. The third-order valence-electron chi connectivity index (χ3n) is 9.19. The predicted octanol–water partition coefficient (Wildman–Crippen LogP) is 4.89. The Labute approximate surface area is 246 Å². The minimum atomic E-state index is -4.53. The maximum absolute atomic E-state index is 14.2. The monoisotopic (exact) mass is 588 g/mol. The van der Waals surface area contributed by atoms with Gasteiger partial charge in [0.15, 0.2) is 0 Å². The first-order valence-electron chi connectivity index (χ1n) is 15.3. The van der Waals surface area contributed by atoms with Crippen LogP contribution in [0.2, 0.25) is 0 Å². The fraction of sp³-hybridized carbons (Fsp3) is 0.645. The molecule has 1 aliphatic carbocycles. The van der Waals surface area contributed by atoms with Crippen molar-refractivity contribution in [2.45, 2.75) is 77.2 Å². The summed E-state index contributed by atoms with van der Waals surface area (Å²) in [5.74, 6) is -0.216. The molecular weight excluding hydrogens is 545 g/mol. The van der Waals surface area contributed by atoms with E-state index in [0.29, 0.717) is 50.9 Å². The smallest absolute Gasteiger partial charge is 0.403 e. The second-order valence-electron chi connectivity index (χ2n) is 11.9. The van der Waals surface area contributed by atoms with Crippen molar-refractivity contribution in [1.82, 2.24) is 25.1 Å². The van der Waals surface area contributed by atoms with Crippen LogP contribution in [0.4, 0.5) is 18.9 Å². The molecule has 2 aromatic heterocycles. The third-order valence-corrected chi connectivity index (χ3v) is 9.19. The van der Waals surface area contributed by atoms with Gasteiger partial charge in [0.05, 0.1) is 29.2 Å². The molecule has 4 heterocycles. The van der Waals surface area contributed by atoms with Crippen molar-refractivity contribution < 1.29 is 22.7 Å². The van der Waals surface area contributed by atoms with Gasteiger partial charge in [-0.1, -0.05) is 19.8 Å². The number of rotatable bonds is 9. The van der Waals surface area contributed by atoms with Crippen LogP contribution in [0, 0.1) is 5.41 Å². The molecule has 230 valence electrons. The number of likely N-dealkylation sites (N-methyl/N-ethyl adjacent to an activating group) is 1. The molecule has 1 N–H and O–H groups in total. The highest BCUT2D eigenvalue weighted by Crippen LogP contribution is 2.52. The lowest BCUT2D eigenvalue weighted by Gasteiger charge is -2.45. The van der Waals surface area contributed by atoms with Crippen molar-refractivity contribution in [2.75, 3.05) is 51.3 Å². The predicted molar refractivity (Wildman–Crippen MR) is 156 cm³/mol. The van der Waals surface area contributed by atoms with E-state index in [1.165, 1.54) is 4.90 Å². The van der Waals surface area contributed by atoms with Crippen LogP contribution in [0.1, 0.15) is 58.1 Å². The zero-order valence-electron chi connectivity index (χ0n) is 24.9. The number of alkyl halides is 3. The summed E-state index contributed by atoms with van der Waals surface area (Å²) in [7, 11) is 2.12. The molecule has 2 aliphatic heterocycles. The van der Waals surface area contributed by atoms with Gasteiger partial charge in [-0.3, -0.25) is 4.79 Å². The Morgan fingerprint density at radius 2 is 1.90 bits per heavy atom. The van der Waals surface area contributed by atoms with Crippen LogP contribution in [0.3, 0.4) is 0 Å². The molecule has 2 saturated heterocycles. The summed E-state index contributed by atoms with van der Waals surface area (Å²) in [4.78, 5) is 29.0. The molecule has 8 nitrogen and oxygen atoms in total. The van der Waals surface area contributed by atoms with Crippen molar-refractivity contribution in [3.05, 3.63) is 36.2 Å². The quantitative estimate of drug-likeness (QED) is 0.448. The van der Waals surface area contributed by atoms with E-state index in [-0.39, 0.29) is 32.0 Å². The normalized spacial score (nSPS) is 23.0. The van der Waals surface area contributed by atoms with E-state index < -0.39 is 17.5 Å². The number of halogens is 3. The van der Waals surface area contributed by atoms with E-state index in [2.05, 4.69) is 33.2 Å². The van der Waals surface area contributed by atoms with E-state index in [1.807, 2.05) is 32.0 Å². The number of likely N-dealkylation sites (tertiary alicyclic amines) is 1. The molecule has 0 bridgehead atoms. The van der Waals surface area contributed by atoms with Crippen molar-refractivity contribution in [3.63, 3.8) is 0 Å². The molecule has 1 saturated carbocycles. The van der Waals surface area contributed by atoms with Gasteiger partial charge in [-0.2, -0.15) is 13.2 Å². The summed E-state index contributed by atoms with van der Waals surface area (Å²) in [6.45, 7) is 7.97. The molecule has 5 rings (SSSR count). The molecule has 1 amide bonds. The highest BCUT2D eigenvalue weighted by Gasteiger charge is 2.62. The maximum Gasteiger partial charge on any atom is 0.403 e. The van der Waals surface area contributed by atoms with E-state index in [1.54, 1.807) is 6.20 Å². The van der Waals surface area contributed by atoms with Crippen LogP contribution in [0.15, 0.2) is 30.5 Å². The van der Waals surface area contributed by atoms with Crippen molar-refractivity contribution in [2.24, 2.45) is 5.41 Å². The van der Waals surface area contributed by atoms with Crippen molar-refractivity contribution >= 4 is 11.6 Å². The number of nitrogens with zero attached hydrogens (tertiary/aromatic N) is 5. The average molecular weight is 589 g/mol. The van der Waals surface area contributed by atoms with Gasteiger partial charge in [0.1, 0.15) is 5.41 Å². The second-order valence-corrected chi connectivity index (χ2v) is 11.9. The highest BCUT2D eigenvalue weighted by molar-refractivity contribution is 5.84. The zero-order valence-corrected chi connectivity index (χ0v) is 24.9. The summed E-state index contributed by atoms with van der Waals surface area (Å²) in [5, 5.41) is 3.68. The van der Waals surface area contributed by atoms with E-state index in [0.717, 1.165) is 42.1 Å². The molecular formula is C31H43F3N6O2. The fourth-order valence-electron chi connectivity index (χ4n) is 6.82. The molecule has 2 aromatic rings. The molecule has 0 radical (unpaired) electrons. The number of hydrogen-bond donors (Lipinski definition) is 1. The number of hydrogen-bond acceptors (Lipinski definition) is 7. The van der Waals surface area contributed by atoms with Crippen molar-refractivity contribution in [3.8, 4) is 17.1 Å². The number of carbonyl (C=O) groups is 1. The van der Waals surface area contributed by atoms with Gasteiger partial charge in [-0.25, -0.2) is 9.97 Å². The number of carbonyl (C=O) groups excluding carboxylic acids is 1. The Hall–Kier alpha value is -2.92. The van der Waals surface area contributed by atoms with Crippen LogP contribution >= 0.6 is 0 Å². The Morgan fingerprint density at radius 3 is 2.57 bits per heavy atom. The Bertz CT molecular complexity index is 1240.